The van der Waals surface area contributed by atoms with Gasteiger partial charge in [0.05, 0.1) is 17.2 Å². The minimum absolute atomic E-state index is 0.260. The maximum atomic E-state index is 12.1. The molecule has 0 radical (unpaired) electrons. The topological polar surface area (TPSA) is 78.9 Å². The smallest absolute Gasteiger partial charge is 0.256 e. The van der Waals surface area contributed by atoms with Gasteiger partial charge in [0.25, 0.3) is 5.91 Å². The maximum Gasteiger partial charge on any atom is 0.256 e. The molecule has 1 amide bonds. The van der Waals surface area contributed by atoms with E-state index in [1.165, 1.54) is 0 Å². The molecule has 0 aliphatic carbocycles. The first-order valence-corrected chi connectivity index (χ1v) is 6.26. The molecule has 4 nitrogen and oxygen atoms in total. The number of nitriles is 1. The molecule has 0 fully saturated rings. The molecule has 0 aliphatic rings. The van der Waals surface area contributed by atoms with E-state index >= 15 is 0 Å². The standard InChI is InChI=1S/C14H10BrN3O/c15-13-6-3-10(17)7-12(13)14(19)18-11-4-1-9(8-16)2-5-11/h1-7H,17H2,(H,18,19). The third-order valence-electron chi connectivity index (χ3n) is 2.51. The van der Waals surface area contributed by atoms with Crippen molar-refractivity contribution in [1.82, 2.24) is 0 Å². The van der Waals surface area contributed by atoms with Gasteiger partial charge in [0.15, 0.2) is 0 Å². The maximum absolute atomic E-state index is 12.1. The lowest BCUT2D eigenvalue weighted by atomic mass is 10.1. The van der Waals surface area contributed by atoms with Gasteiger partial charge < -0.3 is 11.1 Å². The Hall–Kier alpha value is -2.32. The van der Waals surface area contributed by atoms with E-state index in [9.17, 15) is 4.79 Å². The fourth-order valence-electron chi connectivity index (χ4n) is 1.54. The minimum Gasteiger partial charge on any atom is -0.399 e. The molecule has 0 saturated carbocycles. The lowest BCUT2D eigenvalue weighted by molar-refractivity contribution is 0.102. The normalized spacial score (nSPS) is 9.68. The molecular weight excluding hydrogens is 306 g/mol. The van der Waals surface area contributed by atoms with Crippen molar-refractivity contribution in [2.24, 2.45) is 0 Å². The number of nitrogens with zero attached hydrogens (tertiary/aromatic N) is 1. The van der Waals surface area contributed by atoms with Crippen LogP contribution in [0.25, 0.3) is 0 Å². The van der Waals surface area contributed by atoms with Gasteiger partial charge in [-0.05, 0) is 58.4 Å². The third-order valence-corrected chi connectivity index (χ3v) is 3.20. The van der Waals surface area contributed by atoms with E-state index in [4.69, 9.17) is 11.0 Å². The van der Waals surface area contributed by atoms with E-state index in [0.29, 0.717) is 27.0 Å². The molecule has 0 heterocycles. The largest absolute Gasteiger partial charge is 0.399 e. The van der Waals surface area contributed by atoms with E-state index in [0.717, 1.165) is 0 Å². The zero-order chi connectivity index (χ0) is 13.8. The number of hydrogen-bond acceptors (Lipinski definition) is 3. The number of carbonyl (C=O) groups excluding carboxylic acids is 1. The quantitative estimate of drug-likeness (QED) is 0.835. The second-order valence-corrected chi connectivity index (χ2v) is 4.74. The Morgan fingerprint density at radius 3 is 2.53 bits per heavy atom. The molecule has 0 saturated heterocycles. The summed E-state index contributed by atoms with van der Waals surface area (Å²) < 4.78 is 0.674. The van der Waals surface area contributed by atoms with Crippen LogP contribution in [0, 0.1) is 11.3 Å². The average Bonchev–Trinajstić information content (AvgIpc) is 2.42. The number of nitrogens with one attached hydrogen (secondary N) is 1. The molecule has 0 spiro atoms. The van der Waals surface area contributed by atoms with Crippen molar-refractivity contribution in [2.75, 3.05) is 11.1 Å². The second kappa shape index (κ2) is 5.55. The van der Waals surface area contributed by atoms with Crippen LogP contribution in [-0.4, -0.2) is 5.91 Å². The van der Waals surface area contributed by atoms with Gasteiger partial charge in [0, 0.05) is 15.8 Å². The van der Waals surface area contributed by atoms with Crippen LogP contribution in [0.1, 0.15) is 15.9 Å². The number of anilines is 2. The van der Waals surface area contributed by atoms with E-state index in [-0.39, 0.29) is 5.91 Å². The van der Waals surface area contributed by atoms with Gasteiger partial charge in [-0.1, -0.05) is 0 Å². The number of hydrogen-bond donors (Lipinski definition) is 2. The Morgan fingerprint density at radius 2 is 1.89 bits per heavy atom. The van der Waals surface area contributed by atoms with Crippen LogP contribution >= 0.6 is 15.9 Å². The molecular formula is C14H10BrN3O. The molecule has 0 atom stereocenters. The lowest BCUT2D eigenvalue weighted by Gasteiger charge is -2.07. The summed E-state index contributed by atoms with van der Waals surface area (Å²) in [6.45, 7) is 0. The highest BCUT2D eigenvalue weighted by molar-refractivity contribution is 9.10. The summed E-state index contributed by atoms with van der Waals surface area (Å²) in [6, 6.07) is 13.7. The fraction of sp³-hybridized carbons (Fsp3) is 0. The van der Waals surface area contributed by atoms with E-state index in [1.807, 2.05) is 6.07 Å². The summed E-state index contributed by atoms with van der Waals surface area (Å²) in [5.74, 6) is -0.260. The van der Waals surface area contributed by atoms with Gasteiger partial charge in [0.1, 0.15) is 0 Å². The zero-order valence-corrected chi connectivity index (χ0v) is 11.4. The Bertz CT molecular complexity index is 659. The Balaban J connectivity index is 2.21. The number of halogens is 1. The highest BCUT2D eigenvalue weighted by atomic mass is 79.9. The van der Waals surface area contributed by atoms with Crippen LogP contribution in [0.15, 0.2) is 46.9 Å². The van der Waals surface area contributed by atoms with Gasteiger partial charge in [-0.3, -0.25) is 4.79 Å². The highest BCUT2D eigenvalue weighted by Crippen LogP contribution is 2.21. The molecule has 0 aliphatic heterocycles. The molecule has 0 unspecified atom stereocenters. The van der Waals surface area contributed by atoms with Crippen LogP contribution < -0.4 is 11.1 Å². The van der Waals surface area contributed by atoms with E-state index < -0.39 is 0 Å². The van der Waals surface area contributed by atoms with Crippen molar-refractivity contribution >= 4 is 33.2 Å². The zero-order valence-electron chi connectivity index (χ0n) is 9.85. The van der Waals surface area contributed by atoms with Gasteiger partial charge in [-0.2, -0.15) is 5.26 Å². The number of nitrogens with two attached hydrogens (primary N) is 1. The van der Waals surface area contributed by atoms with Gasteiger partial charge in [-0.15, -0.1) is 0 Å². The van der Waals surface area contributed by atoms with Crippen LogP contribution in [0.4, 0.5) is 11.4 Å². The minimum atomic E-state index is -0.260. The first kappa shape index (κ1) is 13.1. The fourth-order valence-corrected chi connectivity index (χ4v) is 1.97. The molecule has 5 heteroatoms. The molecule has 2 aromatic carbocycles. The molecule has 19 heavy (non-hydrogen) atoms. The predicted molar refractivity (Wildman–Crippen MR) is 77.7 cm³/mol. The summed E-state index contributed by atoms with van der Waals surface area (Å²) in [5, 5.41) is 11.4. The first-order chi connectivity index (χ1) is 9.10. The summed E-state index contributed by atoms with van der Waals surface area (Å²) in [7, 11) is 0. The van der Waals surface area contributed by atoms with Crippen molar-refractivity contribution < 1.29 is 4.79 Å². The van der Waals surface area contributed by atoms with Crippen molar-refractivity contribution in [3.05, 3.63) is 58.1 Å². The van der Waals surface area contributed by atoms with Crippen molar-refractivity contribution in [3.8, 4) is 6.07 Å². The van der Waals surface area contributed by atoms with Crippen LogP contribution in [0.3, 0.4) is 0 Å². The SMILES string of the molecule is N#Cc1ccc(NC(=O)c2cc(N)ccc2Br)cc1. The van der Waals surface area contributed by atoms with Crippen molar-refractivity contribution in [1.29, 1.82) is 5.26 Å². The van der Waals surface area contributed by atoms with E-state index in [1.54, 1.807) is 42.5 Å². The molecule has 0 aromatic heterocycles. The summed E-state index contributed by atoms with van der Waals surface area (Å²) >= 11 is 3.31. The number of amides is 1. The third kappa shape index (κ3) is 3.12. The molecule has 2 aromatic rings. The van der Waals surface area contributed by atoms with Crippen LogP contribution in [0.2, 0.25) is 0 Å². The van der Waals surface area contributed by atoms with E-state index in [2.05, 4.69) is 21.2 Å². The van der Waals surface area contributed by atoms with Crippen molar-refractivity contribution in [2.45, 2.75) is 0 Å². The molecule has 2 rings (SSSR count). The monoisotopic (exact) mass is 315 g/mol. The van der Waals surface area contributed by atoms with Crippen molar-refractivity contribution in [3.63, 3.8) is 0 Å². The first-order valence-electron chi connectivity index (χ1n) is 5.46. The predicted octanol–water partition coefficient (Wildman–Crippen LogP) is 3.16. The molecule has 0 bridgehead atoms. The summed E-state index contributed by atoms with van der Waals surface area (Å²) in [5.41, 5.74) is 7.81. The number of carbonyl (C=O) groups is 1. The summed E-state index contributed by atoms with van der Waals surface area (Å²) in [6.07, 6.45) is 0. The highest BCUT2D eigenvalue weighted by Gasteiger charge is 2.10. The number of rotatable bonds is 2. The Labute approximate surface area is 119 Å². The Kier molecular flexibility index (Phi) is 3.83. The van der Waals surface area contributed by atoms with Gasteiger partial charge in [0.2, 0.25) is 0 Å². The van der Waals surface area contributed by atoms with Crippen LogP contribution in [-0.2, 0) is 0 Å². The van der Waals surface area contributed by atoms with Crippen LogP contribution in [0.5, 0.6) is 0 Å². The van der Waals surface area contributed by atoms with Gasteiger partial charge in [-0.25, -0.2) is 0 Å². The number of benzene rings is 2. The second-order valence-electron chi connectivity index (χ2n) is 3.88. The molecule has 3 N–H and O–H groups in total. The van der Waals surface area contributed by atoms with Gasteiger partial charge >= 0.3 is 0 Å². The average molecular weight is 316 g/mol. The lowest BCUT2D eigenvalue weighted by Crippen LogP contribution is -2.12. The molecule has 94 valence electrons. The Morgan fingerprint density at radius 1 is 1.21 bits per heavy atom. The number of nitrogen functional groups attached to an aromatic ring is 1. The summed E-state index contributed by atoms with van der Waals surface area (Å²) in [4.78, 5) is 12.1.